The number of rotatable bonds is 6. The van der Waals surface area contributed by atoms with Crippen LogP contribution in [0.4, 0.5) is 5.69 Å². The maximum Gasteiger partial charge on any atom is 0.340 e. The van der Waals surface area contributed by atoms with E-state index >= 15 is 0 Å². The van der Waals surface area contributed by atoms with Crippen LogP contribution >= 0.6 is 23.2 Å². The first-order valence-electron chi connectivity index (χ1n) is 7.04. The third kappa shape index (κ3) is 4.35. The van der Waals surface area contributed by atoms with Gasteiger partial charge in [-0.15, -0.1) is 0 Å². The molecule has 0 aliphatic heterocycles. The van der Waals surface area contributed by atoms with Gasteiger partial charge in [-0.2, -0.15) is 0 Å². The minimum Gasteiger partial charge on any atom is -0.497 e. The number of nitrogen functional groups attached to an aromatic ring is 1. The van der Waals surface area contributed by atoms with E-state index in [1.807, 2.05) is 0 Å². The summed E-state index contributed by atoms with van der Waals surface area (Å²) in [5, 5.41) is 0.354. The Morgan fingerprint density at radius 3 is 2.40 bits per heavy atom. The molecule has 8 heteroatoms. The van der Waals surface area contributed by atoms with Gasteiger partial charge >= 0.3 is 5.97 Å². The molecule has 6 nitrogen and oxygen atoms in total. The first-order valence-corrected chi connectivity index (χ1v) is 7.79. The number of benzene rings is 2. The van der Waals surface area contributed by atoms with E-state index in [9.17, 15) is 9.59 Å². The van der Waals surface area contributed by atoms with Crippen LogP contribution in [0.3, 0.4) is 0 Å². The topological polar surface area (TPSA) is 87.9 Å². The Morgan fingerprint density at radius 1 is 1.04 bits per heavy atom. The SMILES string of the molecule is COc1ccc(OC)c(C(=O)COC(=O)c2cc(Cl)cc(Cl)c2N)c1. The molecule has 132 valence electrons. The summed E-state index contributed by atoms with van der Waals surface area (Å²) in [4.78, 5) is 24.5. The van der Waals surface area contributed by atoms with Crippen LogP contribution in [0.15, 0.2) is 30.3 Å². The minimum absolute atomic E-state index is 0.0112. The lowest BCUT2D eigenvalue weighted by Gasteiger charge is -2.11. The number of carbonyl (C=O) groups is 2. The molecule has 0 heterocycles. The predicted octanol–water partition coefficient (Wildman–Crippen LogP) is 3.63. The number of carbonyl (C=O) groups excluding carboxylic acids is 2. The Hall–Kier alpha value is -2.44. The fraction of sp³-hybridized carbons (Fsp3) is 0.176. The molecule has 2 aromatic carbocycles. The second-order valence-electron chi connectivity index (χ2n) is 4.91. The van der Waals surface area contributed by atoms with Crippen LogP contribution in [0.1, 0.15) is 20.7 Å². The number of ether oxygens (including phenoxy) is 3. The zero-order chi connectivity index (χ0) is 18.6. The van der Waals surface area contributed by atoms with Crippen LogP contribution in [-0.2, 0) is 4.74 Å². The molecule has 0 unspecified atom stereocenters. The second kappa shape index (κ2) is 8.09. The standard InChI is InChI=1S/C17H15Cl2NO5/c1-23-10-3-4-15(24-2)11(7-10)14(21)8-25-17(22)12-5-9(18)6-13(19)16(12)20/h3-7H,8,20H2,1-2H3. The van der Waals surface area contributed by atoms with Gasteiger partial charge in [-0.25, -0.2) is 4.79 Å². The number of nitrogens with two attached hydrogens (primary N) is 1. The van der Waals surface area contributed by atoms with E-state index in [0.717, 1.165) is 0 Å². The van der Waals surface area contributed by atoms with Crippen molar-refractivity contribution < 1.29 is 23.8 Å². The third-order valence-corrected chi connectivity index (χ3v) is 3.89. The van der Waals surface area contributed by atoms with Crippen LogP contribution in [0.5, 0.6) is 11.5 Å². The first-order chi connectivity index (χ1) is 11.9. The highest BCUT2D eigenvalue weighted by Gasteiger charge is 2.19. The van der Waals surface area contributed by atoms with E-state index < -0.39 is 18.4 Å². The fourth-order valence-electron chi connectivity index (χ4n) is 2.07. The van der Waals surface area contributed by atoms with Gasteiger partial charge in [0.2, 0.25) is 5.78 Å². The summed E-state index contributed by atoms with van der Waals surface area (Å²) in [5.74, 6) is -0.457. The molecule has 2 rings (SSSR count). The molecule has 0 saturated carbocycles. The molecule has 0 fully saturated rings. The third-order valence-electron chi connectivity index (χ3n) is 3.36. The first kappa shape index (κ1) is 18.9. The molecule has 0 radical (unpaired) electrons. The van der Waals surface area contributed by atoms with Crippen LogP contribution in [-0.4, -0.2) is 32.6 Å². The quantitative estimate of drug-likeness (QED) is 0.465. The lowest BCUT2D eigenvalue weighted by atomic mass is 10.1. The lowest BCUT2D eigenvalue weighted by molar-refractivity contribution is 0.0475. The number of Topliss-reactive ketones (excluding diaryl/α,β-unsaturated/α-hetero) is 1. The van der Waals surface area contributed by atoms with Crippen molar-refractivity contribution in [2.45, 2.75) is 0 Å². The molecule has 0 spiro atoms. The molecule has 0 aromatic heterocycles. The molecule has 2 aromatic rings. The van der Waals surface area contributed by atoms with Gasteiger partial charge in [0, 0.05) is 5.02 Å². The average Bonchev–Trinajstić information content (AvgIpc) is 2.61. The van der Waals surface area contributed by atoms with Gasteiger partial charge in [0.1, 0.15) is 11.5 Å². The summed E-state index contributed by atoms with van der Waals surface area (Å²) in [7, 11) is 2.90. The fourth-order valence-corrected chi connectivity index (χ4v) is 2.57. The second-order valence-corrected chi connectivity index (χ2v) is 5.76. The van der Waals surface area contributed by atoms with Crippen molar-refractivity contribution in [1.82, 2.24) is 0 Å². The van der Waals surface area contributed by atoms with E-state index in [0.29, 0.717) is 11.5 Å². The molecule has 0 aliphatic rings. The number of anilines is 1. The van der Waals surface area contributed by atoms with Crippen molar-refractivity contribution in [2.24, 2.45) is 0 Å². The molecule has 2 N–H and O–H groups in total. The van der Waals surface area contributed by atoms with E-state index in [2.05, 4.69) is 0 Å². The molecule has 0 aliphatic carbocycles. The highest BCUT2D eigenvalue weighted by Crippen LogP contribution is 2.28. The molecule has 0 saturated heterocycles. The monoisotopic (exact) mass is 383 g/mol. The van der Waals surface area contributed by atoms with Crippen molar-refractivity contribution in [3.63, 3.8) is 0 Å². The van der Waals surface area contributed by atoms with Crippen molar-refractivity contribution in [3.8, 4) is 11.5 Å². The maximum absolute atomic E-state index is 12.4. The van der Waals surface area contributed by atoms with Crippen LogP contribution < -0.4 is 15.2 Å². The van der Waals surface area contributed by atoms with E-state index in [1.165, 1.54) is 32.4 Å². The smallest absolute Gasteiger partial charge is 0.340 e. The number of hydrogen-bond acceptors (Lipinski definition) is 6. The van der Waals surface area contributed by atoms with Gasteiger partial charge in [0.05, 0.1) is 36.1 Å². The van der Waals surface area contributed by atoms with Gasteiger partial charge in [-0.1, -0.05) is 23.2 Å². The van der Waals surface area contributed by atoms with Gasteiger partial charge in [0.25, 0.3) is 0 Å². The van der Waals surface area contributed by atoms with Gasteiger partial charge in [0.15, 0.2) is 6.61 Å². The molecular weight excluding hydrogens is 369 g/mol. The Balaban J connectivity index is 2.16. The Kier molecular flexibility index (Phi) is 6.12. The minimum atomic E-state index is -0.808. The van der Waals surface area contributed by atoms with E-state index in [1.54, 1.807) is 12.1 Å². The number of ketones is 1. The zero-order valence-electron chi connectivity index (χ0n) is 13.5. The van der Waals surface area contributed by atoms with Crippen LogP contribution in [0, 0.1) is 0 Å². The Morgan fingerprint density at radius 2 is 1.76 bits per heavy atom. The summed E-state index contributed by atoms with van der Waals surface area (Å²) < 4.78 is 15.2. The summed E-state index contributed by atoms with van der Waals surface area (Å²) >= 11 is 11.7. The van der Waals surface area contributed by atoms with Crippen LogP contribution in [0.2, 0.25) is 10.0 Å². The largest absolute Gasteiger partial charge is 0.497 e. The van der Waals surface area contributed by atoms with Crippen molar-refractivity contribution in [2.75, 3.05) is 26.6 Å². The zero-order valence-corrected chi connectivity index (χ0v) is 15.0. The molecule has 0 amide bonds. The maximum atomic E-state index is 12.4. The van der Waals surface area contributed by atoms with Crippen molar-refractivity contribution in [1.29, 1.82) is 0 Å². The van der Waals surface area contributed by atoms with Gasteiger partial charge in [-0.05, 0) is 30.3 Å². The summed E-state index contributed by atoms with van der Waals surface area (Å²) in [6.45, 7) is -0.508. The molecule has 25 heavy (non-hydrogen) atoms. The Labute approximate surface area is 154 Å². The highest BCUT2D eigenvalue weighted by atomic mass is 35.5. The van der Waals surface area contributed by atoms with Crippen molar-refractivity contribution in [3.05, 3.63) is 51.5 Å². The average molecular weight is 384 g/mol. The molecule has 0 atom stereocenters. The molecular formula is C17H15Cl2NO5. The van der Waals surface area contributed by atoms with Gasteiger partial charge < -0.3 is 19.9 Å². The van der Waals surface area contributed by atoms with E-state index in [-0.39, 0.29) is 26.9 Å². The van der Waals surface area contributed by atoms with E-state index in [4.69, 9.17) is 43.1 Å². The summed E-state index contributed by atoms with van der Waals surface area (Å²) in [5.41, 5.74) is 5.99. The Bertz CT molecular complexity index is 823. The summed E-state index contributed by atoms with van der Waals surface area (Å²) in [6, 6.07) is 7.46. The normalized spacial score (nSPS) is 10.2. The number of hydrogen-bond donors (Lipinski definition) is 1. The highest BCUT2D eigenvalue weighted by molar-refractivity contribution is 6.37. The van der Waals surface area contributed by atoms with Crippen molar-refractivity contribution >= 4 is 40.6 Å². The van der Waals surface area contributed by atoms with Crippen LogP contribution in [0.25, 0.3) is 0 Å². The molecule has 0 bridgehead atoms. The lowest BCUT2D eigenvalue weighted by Crippen LogP contribution is -2.16. The van der Waals surface area contributed by atoms with Gasteiger partial charge in [-0.3, -0.25) is 4.79 Å². The number of halogens is 2. The number of methoxy groups -OCH3 is 2. The summed E-state index contributed by atoms with van der Waals surface area (Å²) in [6.07, 6.45) is 0. The number of esters is 1. The predicted molar refractivity (Wildman–Crippen MR) is 95.0 cm³/mol.